The Bertz CT molecular complexity index is 691. The van der Waals surface area contributed by atoms with Crippen molar-refractivity contribution in [1.29, 1.82) is 0 Å². The van der Waals surface area contributed by atoms with E-state index >= 15 is 0 Å². The number of hydrogen-bond donors (Lipinski definition) is 0. The number of nitro groups is 1. The lowest BCUT2D eigenvalue weighted by Crippen LogP contribution is -2.02. The van der Waals surface area contributed by atoms with Crippen LogP contribution in [0, 0.1) is 10.1 Å². The third-order valence-corrected chi connectivity index (χ3v) is 2.82. The predicted molar refractivity (Wildman–Crippen MR) is 77.9 cm³/mol. The molecule has 0 saturated carbocycles. The molecule has 0 amide bonds. The second-order valence-electron chi connectivity index (χ2n) is 4.25. The minimum absolute atomic E-state index is 0.0000303. The van der Waals surface area contributed by atoms with E-state index < -0.39 is 10.9 Å². The van der Waals surface area contributed by atoms with Gasteiger partial charge >= 0.3 is 5.97 Å². The highest BCUT2D eigenvalue weighted by Crippen LogP contribution is 2.34. The summed E-state index contributed by atoms with van der Waals surface area (Å²) in [7, 11) is 0. The van der Waals surface area contributed by atoms with Crippen LogP contribution in [0.15, 0.2) is 34.7 Å². The maximum atomic E-state index is 11.6. The summed E-state index contributed by atoms with van der Waals surface area (Å²) in [6.07, 6.45) is 0. The Hall–Kier alpha value is -2.83. The van der Waals surface area contributed by atoms with Gasteiger partial charge in [0.15, 0.2) is 0 Å². The topological polar surface area (TPSA) is 91.8 Å². The summed E-state index contributed by atoms with van der Waals surface area (Å²) in [5.41, 5.74) is 0.111. The van der Waals surface area contributed by atoms with Gasteiger partial charge in [-0.1, -0.05) is 0 Å². The van der Waals surface area contributed by atoms with Crippen LogP contribution in [-0.4, -0.2) is 24.1 Å². The second kappa shape index (κ2) is 6.75. The number of hydrogen-bond acceptors (Lipinski definition) is 6. The van der Waals surface area contributed by atoms with E-state index in [2.05, 4.69) is 0 Å². The van der Waals surface area contributed by atoms with Crippen molar-refractivity contribution in [2.24, 2.45) is 0 Å². The van der Waals surface area contributed by atoms with Gasteiger partial charge in [-0.2, -0.15) is 0 Å². The van der Waals surface area contributed by atoms with Crippen molar-refractivity contribution < 1.29 is 23.6 Å². The summed E-state index contributed by atoms with van der Waals surface area (Å²) in [4.78, 5) is 22.3. The van der Waals surface area contributed by atoms with Gasteiger partial charge in [-0.15, -0.1) is 0 Å². The predicted octanol–water partition coefficient (Wildman–Crippen LogP) is 3.43. The number of rotatable bonds is 6. The van der Waals surface area contributed by atoms with Crippen LogP contribution in [0.5, 0.6) is 5.75 Å². The molecule has 0 bridgehead atoms. The molecule has 0 saturated heterocycles. The number of carbonyl (C=O) groups is 1. The number of furan rings is 1. The quantitative estimate of drug-likeness (QED) is 0.461. The van der Waals surface area contributed by atoms with Gasteiger partial charge < -0.3 is 13.9 Å². The normalized spacial score (nSPS) is 10.3. The lowest BCUT2D eigenvalue weighted by molar-refractivity contribution is -0.384. The van der Waals surface area contributed by atoms with Crippen LogP contribution >= 0.6 is 0 Å². The molecule has 0 spiro atoms. The summed E-state index contributed by atoms with van der Waals surface area (Å²) in [5, 5.41) is 11.2. The number of carbonyl (C=O) groups excluding carboxylic acids is 1. The first-order valence-corrected chi connectivity index (χ1v) is 6.75. The smallest absolute Gasteiger partial charge is 0.374 e. The largest absolute Gasteiger partial charge is 0.494 e. The Labute approximate surface area is 126 Å². The molecule has 116 valence electrons. The molecule has 7 heteroatoms. The molecule has 0 aliphatic heterocycles. The van der Waals surface area contributed by atoms with E-state index in [0.717, 1.165) is 0 Å². The molecular weight excluding hydrogens is 290 g/mol. The molecule has 0 radical (unpaired) electrons. The summed E-state index contributed by atoms with van der Waals surface area (Å²) in [5.74, 6) is 0.00953. The first-order valence-electron chi connectivity index (χ1n) is 6.75. The highest BCUT2D eigenvalue weighted by atomic mass is 16.6. The van der Waals surface area contributed by atoms with E-state index in [9.17, 15) is 14.9 Å². The van der Waals surface area contributed by atoms with E-state index in [1.54, 1.807) is 19.9 Å². The van der Waals surface area contributed by atoms with Gasteiger partial charge in [0.1, 0.15) is 11.5 Å². The maximum absolute atomic E-state index is 11.6. The number of esters is 1. The monoisotopic (exact) mass is 305 g/mol. The van der Waals surface area contributed by atoms with Gasteiger partial charge in [-0.05, 0) is 38.1 Å². The van der Waals surface area contributed by atoms with E-state index in [0.29, 0.717) is 12.4 Å². The minimum Gasteiger partial charge on any atom is -0.494 e. The maximum Gasteiger partial charge on any atom is 0.374 e. The van der Waals surface area contributed by atoms with E-state index in [1.165, 1.54) is 24.3 Å². The fourth-order valence-corrected chi connectivity index (χ4v) is 1.92. The van der Waals surface area contributed by atoms with Crippen molar-refractivity contribution in [3.05, 3.63) is 46.2 Å². The average Bonchev–Trinajstić information content (AvgIpc) is 2.97. The zero-order valence-corrected chi connectivity index (χ0v) is 12.2. The third kappa shape index (κ3) is 3.25. The molecule has 1 aromatic heterocycles. The van der Waals surface area contributed by atoms with Crippen LogP contribution in [0.2, 0.25) is 0 Å². The molecule has 7 nitrogen and oxygen atoms in total. The Kier molecular flexibility index (Phi) is 4.77. The van der Waals surface area contributed by atoms with Crippen LogP contribution < -0.4 is 4.74 Å². The molecule has 0 atom stereocenters. The van der Waals surface area contributed by atoms with Gasteiger partial charge in [0.2, 0.25) is 5.76 Å². The van der Waals surface area contributed by atoms with E-state index in [1.807, 2.05) is 0 Å². The molecule has 1 aromatic carbocycles. The van der Waals surface area contributed by atoms with Crippen LogP contribution in [0.4, 0.5) is 5.69 Å². The van der Waals surface area contributed by atoms with Crippen LogP contribution in [-0.2, 0) is 4.74 Å². The Morgan fingerprint density at radius 3 is 2.64 bits per heavy atom. The molecular formula is C15H15NO6. The van der Waals surface area contributed by atoms with Crippen LogP contribution in [0.3, 0.4) is 0 Å². The van der Waals surface area contributed by atoms with Gasteiger partial charge in [0.25, 0.3) is 5.69 Å². The Morgan fingerprint density at radius 2 is 2.00 bits per heavy atom. The van der Waals surface area contributed by atoms with Crippen LogP contribution in [0.25, 0.3) is 11.3 Å². The zero-order chi connectivity index (χ0) is 16.1. The number of ether oxygens (including phenoxy) is 2. The molecule has 2 aromatic rings. The van der Waals surface area contributed by atoms with Crippen molar-refractivity contribution in [2.45, 2.75) is 13.8 Å². The molecule has 0 unspecified atom stereocenters. The third-order valence-electron chi connectivity index (χ3n) is 2.82. The fraction of sp³-hybridized carbons (Fsp3) is 0.267. The summed E-state index contributed by atoms with van der Waals surface area (Å²) >= 11 is 0. The first-order chi connectivity index (χ1) is 10.6. The van der Waals surface area contributed by atoms with Crippen molar-refractivity contribution in [3.63, 3.8) is 0 Å². The first kappa shape index (κ1) is 15.6. The average molecular weight is 305 g/mol. The van der Waals surface area contributed by atoms with Crippen molar-refractivity contribution in [3.8, 4) is 17.1 Å². The van der Waals surface area contributed by atoms with Crippen molar-refractivity contribution in [2.75, 3.05) is 13.2 Å². The SMILES string of the molecule is CCOC(=O)c1ccc(-c2ccc(OCC)cc2[N+](=O)[O-])o1. The summed E-state index contributed by atoms with van der Waals surface area (Å²) in [6.45, 7) is 4.10. The molecule has 0 N–H and O–H groups in total. The molecule has 22 heavy (non-hydrogen) atoms. The zero-order valence-electron chi connectivity index (χ0n) is 12.2. The lowest BCUT2D eigenvalue weighted by atomic mass is 10.1. The number of nitro benzene ring substituents is 1. The molecule has 2 rings (SSSR count). The molecule has 1 heterocycles. The van der Waals surface area contributed by atoms with E-state index in [-0.39, 0.29) is 29.4 Å². The minimum atomic E-state index is -0.609. The highest BCUT2D eigenvalue weighted by molar-refractivity contribution is 5.87. The fourth-order valence-electron chi connectivity index (χ4n) is 1.92. The van der Waals surface area contributed by atoms with Gasteiger partial charge in [0.05, 0.1) is 29.8 Å². The van der Waals surface area contributed by atoms with Crippen molar-refractivity contribution in [1.82, 2.24) is 0 Å². The van der Waals surface area contributed by atoms with E-state index in [4.69, 9.17) is 13.9 Å². The molecule has 0 fully saturated rings. The number of nitrogens with zero attached hydrogens (tertiary/aromatic N) is 1. The summed E-state index contributed by atoms with van der Waals surface area (Å²) in [6, 6.07) is 7.38. The molecule has 0 aliphatic carbocycles. The molecule has 0 aliphatic rings. The second-order valence-corrected chi connectivity index (χ2v) is 4.25. The van der Waals surface area contributed by atoms with Crippen molar-refractivity contribution >= 4 is 11.7 Å². The Balaban J connectivity index is 2.39. The van der Waals surface area contributed by atoms with Gasteiger partial charge in [-0.3, -0.25) is 10.1 Å². The van der Waals surface area contributed by atoms with Crippen LogP contribution in [0.1, 0.15) is 24.4 Å². The Morgan fingerprint density at radius 1 is 1.23 bits per heavy atom. The van der Waals surface area contributed by atoms with Gasteiger partial charge in [-0.25, -0.2) is 4.79 Å². The highest BCUT2D eigenvalue weighted by Gasteiger charge is 2.21. The standard InChI is InChI=1S/C15H15NO6/c1-3-20-10-5-6-11(12(9-10)16(18)19)13-7-8-14(22-13)15(17)21-4-2/h5-9H,3-4H2,1-2H3. The number of benzene rings is 1. The van der Waals surface area contributed by atoms with Gasteiger partial charge in [0, 0.05) is 0 Å². The lowest BCUT2D eigenvalue weighted by Gasteiger charge is -2.05. The summed E-state index contributed by atoms with van der Waals surface area (Å²) < 4.78 is 15.4.